The predicted molar refractivity (Wildman–Crippen MR) is 121 cm³/mol. The minimum Gasteiger partial charge on any atom is -0.482 e. The minimum atomic E-state index is -0.455. The van der Waals surface area contributed by atoms with Crippen LogP contribution in [0.15, 0.2) is 30.7 Å². The van der Waals surface area contributed by atoms with Gasteiger partial charge < -0.3 is 10.1 Å². The molecule has 0 radical (unpaired) electrons. The molecule has 1 fully saturated rings. The summed E-state index contributed by atoms with van der Waals surface area (Å²) in [6.07, 6.45) is 6.41. The van der Waals surface area contributed by atoms with Crippen LogP contribution in [0.1, 0.15) is 48.9 Å². The molecule has 1 N–H and O–H groups in total. The Morgan fingerprint density at radius 3 is 2.82 bits per heavy atom. The fourth-order valence-corrected chi connectivity index (χ4v) is 4.35. The highest BCUT2D eigenvalue weighted by Gasteiger charge is 2.23. The number of nitrogens with zero attached hydrogens (tertiary/aromatic N) is 8. The zero-order valence-electron chi connectivity index (χ0n) is 18.2. The van der Waals surface area contributed by atoms with Gasteiger partial charge in [-0.15, -0.1) is 5.10 Å². The van der Waals surface area contributed by atoms with Crippen LogP contribution in [0.2, 0.25) is 5.02 Å². The molecule has 33 heavy (non-hydrogen) atoms. The highest BCUT2D eigenvalue weighted by atomic mass is 35.5. The second kappa shape index (κ2) is 8.77. The summed E-state index contributed by atoms with van der Waals surface area (Å²) in [4.78, 5) is 0. The van der Waals surface area contributed by atoms with Gasteiger partial charge in [0.05, 0.1) is 29.2 Å². The Labute approximate surface area is 195 Å². The average Bonchev–Trinajstić information content (AvgIpc) is 3.43. The predicted octanol–water partition coefficient (Wildman–Crippen LogP) is 3.28. The van der Waals surface area contributed by atoms with Crippen LogP contribution in [-0.4, -0.2) is 47.9 Å². The number of halogens is 1. The minimum absolute atomic E-state index is 0.322. The maximum atomic E-state index is 9.59. The van der Waals surface area contributed by atoms with Crippen molar-refractivity contribution >= 4 is 17.1 Å². The number of rotatable bonds is 5. The van der Waals surface area contributed by atoms with Gasteiger partial charge in [0, 0.05) is 11.8 Å². The van der Waals surface area contributed by atoms with Crippen LogP contribution in [0.3, 0.4) is 0 Å². The highest BCUT2D eigenvalue weighted by Crippen LogP contribution is 2.34. The van der Waals surface area contributed by atoms with E-state index in [-0.39, 0.29) is 0 Å². The zero-order valence-corrected chi connectivity index (χ0v) is 19.0. The molecular weight excluding hydrogens is 442 g/mol. The summed E-state index contributed by atoms with van der Waals surface area (Å²) < 4.78 is 9.91. The van der Waals surface area contributed by atoms with E-state index in [9.17, 15) is 5.26 Å². The number of hydrogen-bond acceptors (Lipinski definition) is 8. The number of fused-ring (bicyclic) bond motifs is 1. The molecule has 11 heteroatoms. The summed E-state index contributed by atoms with van der Waals surface area (Å²) in [5.41, 5.74) is 4.10. The third-order valence-corrected chi connectivity index (χ3v) is 6.12. The van der Waals surface area contributed by atoms with Crippen molar-refractivity contribution in [3.05, 3.63) is 52.7 Å². The maximum absolute atomic E-state index is 9.59. The smallest absolute Gasteiger partial charge is 0.148 e. The van der Waals surface area contributed by atoms with Crippen molar-refractivity contribution in [1.82, 2.24) is 40.1 Å². The molecule has 4 aromatic rings. The Kier molecular flexibility index (Phi) is 5.66. The number of ether oxygens (including phenoxy) is 1. The van der Waals surface area contributed by atoms with Crippen molar-refractivity contribution in [1.29, 1.82) is 5.26 Å². The van der Waals surface area contributed by atoms with Crippen LogP contribution >= 0.6 is 11.6 Å². The first-order chi connectivity index (χ1) is 16.0. The maximum Gasteiger partial charge on any atom is 0.148 e. The Hall–Kier alpha value is -3.55. The number of hydrogen-bond donors (Lipinski definition) is 1. The summed E-state index contributed by atoms with van der Waals surface area (Å²) in [6, 6.07) is 6.08. The van der Waals surface area contributed by atoms with Gasteiger partial charge in [-0.05, 0) is 51.9 Å². The largest absolute Gasteiger partial charge is 0.482 e. The van der Waals surface area contributed by atoms with E-state index in [0.717, 1.165) is 42.9 Å². The van der Waals surface area contributed by atoms with Crippen molar-refractivity contribution in [2.45, 2.75) is 38.8 Å². The molecule has 0 spiro atoms. The van der Waals surface area contributed by atoms with Gasteiger partial charge >= 0.3 is 0 Å². The monoisotopic (exact) mass is 463 g/mol. The van der Waals surface area contributed by atoms with Crippen LogP contribution in [-0.2, 0) is 0 Å². The van der Waals surface area contributed by atoms with Crippen LogP contribution in [0.25, 0.3) is 16.8 Å². The van der Waals surface area contributed by atoms with Gasteiger partial charge in [-0.2, -0.15) is 20.6 Å². The van der Waals surface area contributed by atoms with Gasteiger partial charge in [-0.3, -0.25) is 0 Å². The first kappa shape index (κ1) is 21.3. The lowest BCUT2D eigenvalue weighted by atomic mass is 10.1. The van der Waals surface area contributed by atoms with Crippen molar-refractivity contribution in [3.8, 4) is 23.1 Å². The lowest BCUT2D eigenvalue weighted by molar-refractivity contribution is 0.222. The van der Waals surface area contributed by atoms with Crippen molar-refractivity contribution < 1.29 is 4.74 Å². The third-order valence-electron chi connectivity index (χ3n) is 5.91. The molecule has 1 aliphatic rings. The normalized spacial score (nSPS) is 15.5. The molecule has 0 bridgehead atoms. The Bertz CT molecular complexity index is 1350. The van der Waals surface area contributed by atoms with Gasteiger partial charge in [0.1, 0.15) is 40.4 Å². The van der Waals surface area contributed by atoms with E-state index in [1.54, 1.807) is 10.6 Å². The second-order valence-electron chi connectivity index (χ2n) is 8.06. The molecule has 1 saturated heterocycles. The molecule has 0 aliphatic carbocycles. The molecule has 0 amide bonds. The van der Waals surface area contributed by atoms with Gasteiger partial charge in [0.15, 0.2) is 0 Å². The van der Waals surface area contributed by atoms with E-state index < -0.39 is 6.10 Å². The molecule has 5 heterocycles. The quantitative estimate of drug-likeness (QED) is 0.479. The van der Waals surface area contributed by atoms with Gasteiger partial charge in [-0.1, -0.05) is 16.8 Å². The summed E-state index contributed by atoms with van der Waals surface area (Å²) in [5, 5.41) is 34.7. The van der Waals surface area contributed by atoms with E-state index in [2.05, 4.69) is 37.0 Å². The molecule has 1 aliphatic heterocycles. The zero-order chi connectivity index (χ0) is 22.9. The molecule has 168 valence electrons. The second-order valence-corrected chi connectivity index (χ2v) is 8.50. The van der Waals surface area contributed by atoms with E-state index >= 15 is 0 Å². The fraction of sp³-hybridized carbons (Fsp3) is 0.364. The first-order valence-electron chi connectivity index (χ1n) is 10.7. The molecule has 10 nitrogen and oxygen atoms in total. The number of piperidine rings is 1. The van der Waals surface area contributed by atoms with Crippen molar-refractivity contribution in [2.24, 2.45) is 0 Å². The van der Waals surface area contributed by atoms with Crippen LogP contribution in [0.5, 0.6) is 5.75 Å². The Morgan fingerprint density at radius 2 is 2.06 bits per heavy atom. The molecule has 5 rings (SSSR count). The lowest BCUT2D eigenvalue weighted by Crippen LogP contribution is -2.30. The summed E-state index contributed by atoms with van der Waals surface area (Å²) in [7, 11) is 0. The Morgan fingerprint density at radius 1 is 1.24 bits per heavy atom. The summed E-state index contributed by atoms with van der Waals surface area (Å²) in [5.74, 6) is 0.492. The molecule has 0 saturated carbocycles. The van der Waals surface area contributed by atoms with Gasteiger partial charge in [-0.25, -0.2) is 9.20 Å². The van der Waals surface area contributed by atoms with E-state index in [1.165, 1.54) is 12.4 Å². The van der Waals surface area contributed by atoms with E-state index in [0.29, 0.717) is 33.6 Å². The molecule has 0 aromatic carbocycles. The topological polar surface area (TPSA) is 119 Å². The number of aromatic nitrogens is 7. The van der Waals surface area contributed by atoms with Gasteiger partial charge in [0.2, 0.25) is 0 Å². The van der Waals surface area contributed by atoms with Crippen LogP contribution < -0.4 is 10.1 Å². The molecule has 4 aromatic heterocycles. The first-order valence-corrected chi connectivity index (χ1v) is 11.1. The number of pyridine rings is 1. The highest BCUT2D eigenvalue weighted by molar-refractivity contribution is 6.30. The SMILES string of the molecule is Cc1c(-c2cc(OC(C)c3cc(Cl)cnn3)c3c(C#N)cnn3c2)nnn1C1CCNCC1. The van der Waals surface area contributed by atoms with Crippen LogP contribution in [0.4, 0.5) is 0 Å². The molecular formula is C22H22ClN9O. The molecule has 1 atom stereocenters. The average molecular weight is 464 g/mol. The van der Waals surface area contributed by atoms with Crippen LogP contribution in [0, 0.1) is 18.3 Å². The van der Waals surface area contributed by atoms with Crippen molar-refractivity contribution in [3.63, 3.8) is 0 Å². The third kappa shape index (κ3) is 4.01. The standard InChI is InChI=1S/C22H22ClN9O/c1-13-21(29-30-32(13)18-3-5-25-6-4-18)15-7-20(22-16(9-24)10-27-31(22)12-15)33-14(2)19-8-17(23)11-26-28-19/h7-8,10-12,14,18,25H,3-6H2,1-2H3. The van der Waals surface area contributed by atoms with E-state index in [1.807, 2.05) is 30.8 Å². The molecule has 1 unspecified atom stereocenters. The summed E-state index contributed by atoms with van der Waals surface area (Å²) >= 11 is 6.07. The summed E-state index contributed by atoms with van der Waals surface area (Å²) in [6.45, 7) is 5.82. The number of nitrogens with one attached hydrogen (secondary N) is 1. The fourth-order valence-electron chi connectivity index (χ4n) is 4.20. The lowest BCUT2D eigenvalue weighted by Gasteiger charge is -2.23. The van der Waals surface area contributed by atoms with Crippen molar-refractivity contribution in [2.75, 3.05) is 13.1 Å². The Balaban J connectivity index is 1.56. The van der Waals surface area contributed by atoms with E-state index in [4.69, 9.17) is 16.3 Å². The number of nitriles is 1. The van der Waals surface area contributed by atoms with Gasteiger partial charge in [0.25, 0.3) is 0 Å².